The number of para-hydroxylation sites is 1. The molecule has 0 radical (unpaired) electrons. The minimum absolute atomic E-state index is 0.108. The van der Waals surface area contributed by atoms with Crippen LogP contribution >= 0.6 is 11.8 Å². The molecular weight excluding hydrogens is 292 g/mol. The third-order valence-electron chi connectivity index (χ3n) is 4.12. The molecule has 2 aromatic carbocycles. The molecule has 1 N–H and O–H groups in total. The second kappa shape index (κ2) is 5.69. The smallest absolute Gasteiger partial charge is 0.252 e. The third kappa shape index (κ3) is 2.59. The molecule has 3 rings (SSSR count). The summed E-state index contributed by atoms with van der Waals surface area (Å²) in [7, 11) is 0. The fraction of sp³-hybridized carbons (Fsp3) is 0.278. The van der Waals surface area contributed by atoms with E-state index < -0.39 is 4.87 Å². The van der Waals surface area contributed by atoms with Crippen LogP contribution in [0.4, 0.5) is 5.69 Å². The number of carbonyl (C=O) groups excluding carboxylic acids is 1. The van der Waals surface area contributed by atoms with Crippen molar-refractivity contribution in [3.05, 3.63) is 65.2 Å². The predicted octanol–water partition coefficient (Wildman–Crippen LogP) is 4.08. The maximum Gasteiger partial charge on any atom is 0.252 e. The van der Waals surface area contributed by atoms with E-state index in [2.05, 4.69) is 43.5 Å². The van der Waals surface area contributed by atoms with Gasteiger partial charge in [-0.2, -0.15) is 0 Å². The van der Waals surface area contributed by atoms with Gasteiger partial charge in [0.25, 0.3) is 5.91 Å². The van der Waals surface area contributed by atoms with Crippen LogP contribution in [0.5, 0.6) is 0 Å². The molecule has 22 heavy (non-hydrogen) atoms. The van der Waals surface area contributed by atoms with E-state index in [0.29, 0.717) is 5.75 Å². The summed E-state index contributed by atoms with van der Waals surface area (Å²) < 4.78 is 0. The largest absolute Gasteiger partial charge is 0.294 e. The van der Waals surface area contributed by atoms with Gasteiger partial charge in [0.15, 0.2) is 0 Å². The van der Waals surface area contributed by atoms with Gasteiger partial charge < -0.3 is 0 Å². The number of aryl methyl sites for hydroxylation is 2. The molecule has 0 spiro atoms. The minimum atomic E-state index is -0.396. The van der Waals surface area contributed by atoms with Gasteiger partial charge in [0.1, 0.15) is 4.87 Å². The Bertz CT molecular complexity index is 698. The van der Waals surface area contributed by atoms with Gasteiger partial charge in [-0.15, -0.1) is 11.8 Å². The third-order valence-corrected chi connectivity index (χ3v) is 5.49. The van der Waals surface area contributed by atoms with Crippen LogP contribution in [0.3, 0.4) is 0 Å². The number of hydrogen-bond donors (Lipinski definition) is 1. The van der Waals surface area contributed by atoms with E-state index in [1.165, 1.54) is 5.56 Å². The Labute approximate surface area is 135 Å². The first-order chi connectivity index (χ1) is 10.5. The molecule has 0 aromatic heterocycles. The molecule has 1 amide bonds. The van der Waals surface area contributed by atoms with Crippen LogP contribution in [0.25, 0.3) is 0 Å². The highest BCUT2D eigenvalue weighted by molar-refractivity contribution is 8.01. The molecule has 4 heteroatoms. The summed E-state index contributed by atoms with van der Waals surface area (Å²) in [4.78, 5) is 12.0. The van der Waals surface area contributed by atoms with Crippen molar-refractivity contribution in [1.82, 2.24) is 5.01 Å². The molecule has 0 bridgehead atoms. The lowest BCUT2D eigenvalue weighted by Crippen LogP contribution is -2.44. The summed E-state index contributed by atoms with van der Waals surface area (Å²) in [6.45, 7) is 6.21. The quantitative estimate of drug-likeness (QED) is 0.927. The lowest BCUT2D eigenvalue weighted by molar-refractivity contribution is -0.128. The first kappa shape index (κ1) is 15.0. The van der Waals surface area contributed by atoms with Crippen molar-refractivity contribution >= 4 is 23.4 Å². The van der Waals surface area contributed by atoms with Crippen LogP contribution in [0.2, 0.25) is 0 Å². The molecule has 0 saturated carbocycles. The van der Waals surface area contributed by atoms with Crippen molar-refractivity contribution < 1.29 is 4.79 Å². The Morgan fingerprint density at radius 3 is 2.45 bits per heavy atom. The predicted molar refractivity (Wildman–Crippen MR) is 92.6 cm³/mol. The fourth-order valence-corrected chi connectivity index (χ4v) is 3.75. The topological polar surface area (TPSA) is 32.3 Å². The summed E-state index contributed by atoms with van der Waals surface area (Å²) in [5, 5.41) is 1.77. The molecule has 1 atom stereocenters. The van der Waals surface area contributed by atoms with Gasteiger partial charge in [0.2, 0.25) is 0 Å². The van der Waals surface area contributed by atoms with Crippen LogP contribution in [-0.4, -0.2) is 16.7 Å². The number of benzene rings is 2. The zero-order valence-corrected chi connectivity index (χ0v) is 13.9. The van der Waals surface area contributed by atoms with Gasteiger partial charge in [-0.1, -0.05) is 48.0 Å². The Morgan fingerprint density at radius 1 is 1.09 bits per heavy atom. The molecule has 2 aromatic rings. The average molecular weight is 312 g/mol. The van der Waals surface area contributed by atoms with Gasteiger partial charge in [-0.25, -0.2) is 5.01 Å². The van der Waals surface area contributed by atoms with Crippen LogP contribution in [0.15, 0.2) is 48.5 Å². The number of carbonyl (C=O) groups is 1. The second-order valence-electron chi connectivity index (χ2n) is 5.79. The average Bonchev–Trinajstić information content (AvgIpc) is 2.79. The molecule has 1 heterocycles. The van der Waals surface area contributed by atoms with E-state index in [4.69, 9.17) is 0 Å². The lowest BCUT2D eigenvalue weighted by atomic mass is 10.1. The summed E-state index contributed by atoms with van der Waals surface area (Å²) in [6, 6.07) is 16.4. The normalized spacial score (nSPS) is 21.2. The van der Waals surface area contributed by atoms with Gasteiger partial charge in [-0.3, -0.25) is 10.2 Å². The highest BCUT2D eigenvalue weighted by Crippen LogP contribution is 2.44. The molecule has 3 nitrogen and oxygen atoms in total. The molecular formula is C18H20N2OS. The summed E-state index contributed by atoms with van der Waals surface area (Å²) in [5.74, 6) is 0.597. The molecule has 0 aliphatic carbocycles. The zero-order valence-electron chi connectivity index (χ0n) is 13.1. The number of thioether (sulfide) groups is 1. The maximum absolute atomic E-state index is 12.4. The molecule has 1 fully saturated rings. The lowest BCUT2D eigenvalue weighted by Gasteiger charge is -2.35. The van der Waals surface area contributed by atoms with Crippen molar-refractivity contribution in [2.75, 3.05) is 11.2 Å². The second-order valence-corrected chi connectivity index (χ2v) is 7.17. The van der Waals surface area contributed by atoms with E-state index in [9.17, 15) is 4.79 Å². The van der Waals surface area contributed by atoms with E-state index in [1.54, 1.807) is 16.8 Å². The zero-order chi connectivity index (χ0) is 15.7. The maximum atomic E-state index is 12.4. The van der Waals surface area contributed by atoms with Crippen molar-refractivity contribution in [1.29, 1.82) is 0 Å². The highest BCUT2D eigenvalue weighted by atomic mass is 32.2. The van der Waals surface area contributed by atoms with Crippen molar-refractivity contribution in [3.8, 4) is 0 Å². The molecule has 1 unspecified atom stereocenters. The van der Waals surface area contributed by atoms with Crippen LogP contribution in [-0.2, 0) is 9.67 Å². The molecule has 114 valence electrons. The Hall–Kier alpha value is -1.94. The summed E-state index contributed by atoms with van der Waals surface area (Å²) in [5.41, 5.74) is 7.77. The van der Waals surface area contributed by atoms with Crippen molar-refractivity contribution in [3.63, 3.8) is 0 Å². The van der Waals surface area contributed by atoms with Gasteiger partial charge in [0.05, 0.1) is 11.4 Å². The summed E-state index contributed by atoms with van der Waals surface area (Å²) in [6.07, 6.45) is 0. The number of hydrazine groups is 1. The van der Waals surface area contributed by atoms with Crippen LogP contribution in [0, 0.1) is 13.8 Å². The van der Waals surface area contributed by atoms with Crippen LogP contribution < -0.4 is 5.43 Å². The van der Waals surface area contributed by atoms with E-state index >= 15 is 0 Å². The fourth-order valence-electron chi connectivity index (χ4n) is 2.63. The number of nitrogens with zero attached hydrogens (tertiary/aromatic N) is 1. The van der Waals surface area contributed by atoms with E-state index in [1.807, 2.05) is 31.2 Å². The van der Waals surface area contributed by atoms with Gasteiger partial charge >= 0.3 is 0 Å². The first-order valence-electron chi connectivity index (χ1n) is 7.37. The SMILES string of the molecule is Cc1ccc(C2(C)SCC(=O)N2Nc2ccccc2C)cc1. The Balaban J connectivity index is 1.95. The number of amides is 1. The standard InChI is InChI=1S/C18H20N2OS/c1-13-8-10-15(11-9-13)18(3)20(17(21)12-22-18)19-16-7-5-4-6-14(16)2/h4-11,19H,12H2,1-3H3. The first-order valence-corrected chi connectivity index (χ1v) is 8.36. The van der Waals surface area contributed by atoms with E-state index in [-0.39, 0.29) is 5.91 Å². The van der Waals surface area contributed by atoms with Crippen molar-refractivity contribution in [2.45, 2.75) is 25.6 Å². The summed E-state index contributed by atoms with van der Waals surface area (Å²) >= 11 is 1.66. The van der Waals surface area contributed by atoms with Gasteiger partial charge in [0, 0.05) is 0 Å². The van der Waals surface area contributed by atoms with E-state index in [0.717, 1.165) is 16.8 Å². The molecule has 1 aliphatic rings. The minimum Gasteiger partial charge on any atom is -0.294 e. The van der Waals surface area contributed by atoms with Crippen LogP contribution in [0.1, 0.15) is 23.6 Å². The van der Waals surface area contributed by atoms with Crippen molar-refractivity contribution in [2.24, 2.45) is 0 Å². The number of anilines is 1. The number of nitrogens with one attached hydrogen (secondary N) is 1. The molecule has 1 saturated heterocycles. The number of rotatable bonds is 3. The molecule has 1 aliphatic heterocycles. The Morgan fingerprint density at radius 2 is 1.77 bits per heavy atom. The Kier molecular flexibility index (Phi) is 3.87. The van der Waals surface area contributed by atoms with Gasteiger partial charge in [-0.05, 0) is 38.0 Å². The monoisotopic (exact) mass is 312 g/mol. The highest BCUT2D eigenvalue weighted by Gasteiger charge is 2.44. The number of hydrogen-bond acceptors (Lipinski definition) is 3.